The zero-order chi connectivity index (χ0) is 13.7. The molecule has 0 aromatic rings. The van der Waals surface area contributed by atoms with Gasteiger partial charge in [-0.2, -0.15) is 0 Å². The van der Waals surface area contributed by atoms with Crippen LogP contribution in [0.5, 0.6) is 0 Å². The summed E-state index contributed by atoms with van der Waals surface area (Å²) in [6.07, 6.45) is 6.23. The van der Waals surface area contributed by atoms with Crippen LogP contribution in [0.4, 0.5) is 0 Å². The van der Waals surface area contributed by atoms with Gasteiger partial charge in [-0.1, -0.05) is 6.42 Å². The van der Waals surface area contributed by atoms with Gasteiger partial charge >= 0.3 is 0 Å². The molecule has 112 valence electrons. The molecular weight excluding hydrogens is 264 g/mol. The lowest BCUT2D eigenvalue weighted by molar-refractivity contribution is -0.339. The second-order valence-corrected chi connectivity index (χ2v) is 6.81. The Morgan fingerprint density at radius 3 is 2.58 bits per heavy atom. The number of rotatable bonds is 9. The molecule has 2 rings (SSSR count). The predicted molar refractivity (Wildman–Crippen MR) is 73.7 cm³/mol. The largest absolute Gasteiger partial charge is 0.376 e. The minimum absolute atomic E-state index is 0.300. The zero-order valence-corrected chi connectivity index (χ0v) is 13.6. The molecule has 0 spiro atoms. The number of methoxy groups -OCH3 is 3. The summed E-state index contributed by atoms with van der Waals surface area (Å²) in [7, 11) is 4.13. The van der Waals surface area contributed by atoms with Crippen molar-refractivity contribution in [3.63, 3.8) is 0 Å². The summed E-state index contributed by atoms with van der Waals surface area (Å²) >= 11 is 0. The molecule has 3 atom stereocenters. The molecule has 1 saturated heterocycles. The molecule has 0 radical (unpaired) electrons. The quantitative estimate of drug-likeness (QED) is 0.275. The third-order valence-corrected chi connectivity index (χ3v) is 5.48. The van der Waals surface area contributed by atoms with E-state index in [0.717, 1.165) is 12.0 Å². The van der Waals surface area contributed by atoms with E-state index in [-0.39, 0.29) is 0 Å². The zero-order valence-electron chi connectivity index (χ0n) is 12.2. The lowest BCUT2D eigenvalue weighted by Gasteiger charge is -2.30. The lowest BCUT2D eigenvalue weighted by atomic mass is 9.88. The van der Waals surface area contributed by atoms with Crippen molar-refractivity contribution in [2.24, 2.45) is 5.92 Å². The van der Waals surface area contributed by atoms with Crippen molar-refractivity contribution in [1.82, 2.24) is 0 Å². The highest BCUT2D eigenvalue weighted by atomic mass is 28.2. The maximum Gasteiger partial charge on any atom is 0.297 e. The summed E-state index contributed by atoms with van der Waals surface area (Å²) in [4.78, 5) is 0. The van der Waals surface area contributed by atoms with Gasteiger partial charge in [0.1, 0.15) is 6.61 Å². The fraction of sp³-hybridized carbons (Fsp3) is 1.00. The molecule has 0 aromatic carbocycles. The Morgan fingerprint density at radius 2 is 1.95 bits per heavy atom. The van der Waals surface area contributed by atoms with Crippen LogP contribution in [0.3, 0.4) is 0 Å². The van der Waals surface area contributed by atoms with Crippen LogP contribution < -0.4 is 0 Å². The fourth-order valence-corrected chi connectivity index (χ4v) is 4.40. The van der Waals surface area contributed by atoms with Gasteiger partial charge in [-0.15, -0.1) is 0 Å². The van der Waals surface area contributed by atoms with E-state index >= 15 is 0 Å². The van der Waals surface area contributed by atoms with Gasteiger partial charge in [0.25, 0.3) is 5.97 Å². The van der Waals surface area contributed by atoms with Crippen LogP contribution in [0.25, 0.3) is 0 Å². The number of ether oxygens (including phenoxy) is 4. The van der Waals surface area contributed by atoms with Crippen molar-refractivity contribution in [3.05, 3.63) is 0 Å². The van der Waals surface area contributed by atoms with Crippen LogP contribution in [-0.4, -0.2) is 55.9 Å². The number of hydrogen-bond donors (Lipinski definition) is 0. The first-order chi connectivity index (χ1) is 9.23. The van der Waals surface area contributed by atoms with Gasteiger partial charge in [0.15, 0.2) is 9.76 Å². The molecule has 2 fully saturated rings. The molecule has 1 saturated carbocycles. The van der Waals surface area contributed by atoms with Gasteiger partial charge in [0.2, 0.25) is 0 Å². The van der Waals surface area contributed by atoms with Gasteiger partial charge in [-0.05, 0) is 31.2 Å². The van der Waals surface area contributed by atoms with Gasteiger partial charge in [-0.3, -0.25) is 0 Å². The molecule has 0 aromatic heterocycles. The van der Waals surface area contributed by atoms with Crippen molar-refractivity contribution in [3.8, 4) is 0 Å². The maximum absolute atomic E-state index is 5.83. The molecule has 3 unspecified atom stereocenters. The molecule has 1 aliphatic carbocycles. The average molecular weight is 290 g/mol. The smallest absolute Gasteiger partial charge is 0.297 e. The van der Waals surface area contributed by atoms with Crippen LogP contribution in [0, 0.1) is 5.92 Å². The summed E-state index contributed by atoms with van der Waals surface area (Å²) < 4.78 is 27.1. The highest BCUT2D eigenvalue weighted by Crippen LogP contribution is 2.40. The molecule has 0 amide bonds. The Kier molecular flexibility index (Phi) is 5.80. The highest BCUT2D eigenvalue weighted by molar-refractivity contribution is 6.27. The maximum atomic E-state index is 5.83. The minimum atomic E-state index is -1.00. The van der Waals surface area contributed by atoms with Crippen molar-refractivity contribution in [2.75, 3.05) is 27.9 Å². The van der Waals surface area contributed by atoms with E-state index in [1.54, 1.807) is 21.3 Å². The molecule has 0 bridgehead atoms. The second-order valence-electron chi connectivity index (χ2n) is 5.41. The summed E-state index contributed by atoms with van der Waals surface area (Å²) in [6, 6.07) is 1.15. The van der Waals surface area contributed by atoms with Crippen LogP contribution in [0.2, 0.25) is 6.04 Å². The van der Waals surface area contributed by atoms with Crippen LogP contribution in [0.15, 0.2) is 0 Å². The summed E-state index contributed by atoms with van der Waals surface area (Å²) in [6.45, 7) is 0.300. The van der Waals surface area contributed by atoms with Crippen molar-refractivity contribution >= 4 is 9.76 Å². The molecule has 2 aliphatic rings. The average Bonchev–Trinajstić information content (AvgIpc) is 3.21. The number of fused-ring (bicyclic) bond motifs is 1. The van der Waals surface area contributed by atoms with Crippen LogP contribution in [-0.2, 0) is 23.4 Å². The topological polar surface area (TPSA) is 49.5 Å². The number of hydrogen-bond acceptors (Lipinski definition) is 5. The van der Waals surface area contributed by atoms with Crippen LogP contribution in [0.1, 0.15) is 25.7 Å². The van der Waals surface area contributed by atoms with E-state index in [1.165, 1.54) is 25.7 Å². The van der Waals surface area contributed by atoms with Crippen molar-refractivity contribution in [1.29, 1.82) is 0 Å². The third kappa shape index (κ3) is 4.24. The first-order valence-electron chi connectivity index (χ1n) is 7.11. The normalized spacial score (nSPS) is 30.8. The fourth-order valence-electron chi connectivity index (χ4n) is 2.89. The van der Waals surface area contributed by atoms with Crippen LogP contribution >= 0.6 is 0 Å². The Bertz CT molecular complexity index is 272. The number of epoxide rings is 1. The summed E-state index contributed by atoms with van der Waals surface area (Å²) in [5.41, 5.74) is 0. The Hall–Kier alpha value is 0.0169. The Morgan fingerprint density at radius 1 is 1.16 bits per heavy atom. The third-order valence-electron chi connectivity index (χ3n) is 4.13. The minimum Gasteiger partial charge on any atom is -0.376 e. The molecule has 19 heavy (non-hydrogen) atoms. The van der Waals surface area contributed by atoms with E-state index in [2.05, 4.69) is 0 Å². The lowest BCUT2D eigenvalue weighted by Crippen LogP contribution is -2.42. The Balaban J connectivity index is 1.61. The standard InChI is InChI=1S/C13H26O5Si/c1-14-9-13(15-2,16-3)18-19-7-6-10-4-5-11-12(8-10)17-11/h10-12H,4-9,19H2,1-3H3. The SMILES string of the molecule is COCC(OC)(OC)O[SiH2]CCC1CCC2OC2C1. The van der Waals surface area contributed by atoms with E-state index in [4.69, 9.17) is 23.4 Å². The van der Waals surface area contributed by atoms with Gasteiger partial charge in [-0.25, -0.2) is 0 Å². The molecule has 6 heteroatoms. The molecule has 1 heterocycles. The van der Waals surface area contributed by atoms with Gasteiger partial charge < -0.3 is 23.4 Å². The summed E-state index contributed by atoms with van der Waals surface area (Å²) in [5.74, 6) is -0.181. The van der Waals surface area contributed by atoms with Gasteiger partial charge in [0, 0.05) is 21.3 Å². The Labute approximate surface area is 117 Å². The molecule has 1 aliphatic heterocycles. The monoisotopic (exact) mass is 290 g/mol. The van der Waals surface area contributed by atoms with Crippen molar-refractivity contribution in [2.45, 2.75) is 49.9 Å². The van der Waals surface area contributed by atoms with E-state index in [0.29, 0.717) is 18.8 Å². The molecule has 5 nitrogen and oxygen atoms in total. The summed E-state index contributed by atoms with van der Waals surface area (Å²) in [5, 5.41) is 0. The van der Waals surface area contributed by atoms with Gasteiger partial charge in [0.05, 0.1) is 12.2 Å². The predicted octanol–water partition coefficient (Wildman–Crippen LogP) is 1.06. The van der Waals surface area contributed by atoms with Crippen molar-refractivity contribution < 1.29 is 23.4 Å². The van der Waals surface area contributed by atoms with E-state index in [1.807, 2.05) is 0 Å². The van der Waals surface area contributed by atoms with E-state index < -0.39 is 15.7 Å². The highest BCUT2D eigenvalue weighted by Gasteiger charge is 2.43. The first-order valence-corrected chi connectivity index (χ1v) is 8.69. The molecule has 0 N–H and O–H groups in total. The first kappa shape index (κ1) is 15.4. The second kappa shape index (κ2) is 7.15. The van der Waals surface area contributed by atoms with E-state index in [9.17, 15) is 0 Å². The molecular formula is C13H26O5Si.